The smallest absolute Gasteiger partial charge is 0.327 e. The van der Waals surface area contributed by atoms with Crippen LogP contribution < -0.4 is 11.3 Å². The lowest BCUT2D eigenvalue weighted by Gasteiger charge is -1.89. The Hall–Kier alpha value is -1.70. The van der Waals surface area contributed by atoms with Gasteiger partial charge in [-0.2, -0.15) is 4.80 Å². The molecule has 1 aromatic rings. The second-order valence-corrected chi connectivity index (χ2v) is 1.68. The summed E-state index contributed by atoms with van der Waals surface area (Å²) in [6.45, 7) is -0.325. The molecule has 8 nitrogen and oxygen atoms in total. The van der Waals surface area contributed by atoms with Crippen molar-refractivity contribution in [3.05, 3.63) is 0 Å². The summed E-state index contributed by atoms with van der Waals surface area (Å²) < 4.78 is 0. The molecule has 1 aromatic heterocycles. The molecular weight excluding hydrogens is 152 g/mol. The van der Waals surface area contributed by atoms with Gasteiger partial charge in [-0.25, -0.2) is 5.84 Å². The fourth-order valence-corrected chi connectivity index (χ4v) is 0.489. The van der Waals surface area contributed by atoms with Gasteiger partial charge in [0.1, 0.15) is 0 Å². The van der Waals surface area contributed by atoms with Gasteiger partial charge in [-0.05, 0) is 5.21 Å². The maximum atomic E-state index is 10.1. The highest BCUT2D eigenvalue weighted by atomic mass is 16.4. The standard InChI is InChI=1S/C3H6N6O2/c4-5-3-6-8-9(7-3)1-2(10)11/h1,4H2,(H,5,7)(H,10,11). The lowest BCUT2D eigenvalue weighted by molar-refractivity contribution is -0.138. The summed E-state index contributed by atoms with van der Waals surface area (Å²) in [5.41, 5.74) is 2.12. The van der Waals surface area contributed by atoms with E-state index in [1.807, 2.05) is 0 Å². The van der Waals surface area contributed by atoms with Crippen LogP contribution in [0.1, 0.15) is 0 Å². The van der Waals surface area contributed by atoms with Gasteiger partial charge in [0.25, 0.3) is 5.95 Å². The number of aromatic nitrogens is 4. The van der Waals surface area contributed by atoms with E-state index in [0.717, 1.165) is 4.80 Å². The number of carboxylic acids is 1. The fraction of sp³-hybridized carbons (Fsp3) is 0.333. The van der Waals surface area contributed by atoms with Crippen LogP contribution in [0, 0.1) is 0 Å². The Labute approximate surface area is 61.0 Å². The molecule has 0 aliphatic rings. The van der Waals surface area contributed by atoms with Gasteiger partial charge in [0.15, 0.2) is 6.54 Å². The molecule has 0 amide bonds. The van der Waals surface area contributed by atoms with Crippen molar-refractivity contribution in [2.75, 3.05) is 5.43 Å². The van der Waals surface area contributed by atoms with Crippen molar-refractivity contribution < 1.29 is 9.90 Å². The van der Waals surface area contributed by atoms with E-state index in [9.17, 15) is 4.79 Å². The van der Waals surface area contributed by atoms with E-state index < -0.39 is 5.97 Å². The van der Waals surface area contributed by atoms with Gasteiger partial charge in [-0.15, -0.1) is 5.10 Å². The van der Waals surface area contributed by atoms with E-state index in [-0.39, 0.29) is 12.5 Å². The number of carbonyl (C=O) groups is 1. The first kappa shape index (κ1) is 7.41. The normalized spacial score (nSPS) is 9.55. The Morgan fingerprint density at radius 2 is 2.55 bits per heavy atom. The molecule has 0 saturated carbocycles. The molecule has 4 N–H and O–H groups in total. The molecule has 11 heavy (non-hydrogen) atoms. The van der Waals surface area contributed by atoms with Crippen molar-refractivity contribution in [2.24, 2.45) is 5.84 Å². The Morgan fingerprint density at radius 3 is 3.00 bits per heavy atom. The minimum absolute atomic E-state index is 0.0891. The number of nitrogens with one attached hydrogen (secondary N) is 1. The zero-order valence-electron chi connectivity index (χ0n) is 5.43. The number of rotatable bonds is 3. The van der Waals surface area contributed by atoms with Crippen LogP contribution in [0.5, 0.6) is 0 Å². The van der Waals surface area contributed by atoms with Gasteiger partial charge >= 0.3 is 5.97 Å². The SMILES string of the molecule is NNc1nnn(CC(=O)O)n1. The quantitative estimate of drug-likeness (QED) is 0.345. The van der Waals surface area contributed by atoms with Gasteiger partial charge in [-0.1, -0.05) is 5.10 Å². The van der Waals surface area contributed by atoms with E-state index in [4.69, 9.17) is 10.9 Å². The summed E-state index contributed by atoms with van der Waals surface area (Å²) in [6, 6.07) is 0. The molecule has 0 fully saturated rings. The molecule has 1 heterocycles. The number of nitrogen functional groups attached to an aromatic ring is 1. The van der Waals surface area contributed by atoms with Crippen molar-refractivity contribution in [1.29, 1.82) is 0 Å². The van der Waals surface area contributed by atoms with E-state index in [2.05, 4.69) is 20.8 Å². The lowest BCUT2D eigenvalue weighted by atomic mass is 10.7. The highest BCUT2D eigenvalue weighted by Gasteiger charge is 2.03. The number of hydrazine groups is 1. The Balaban J connectivity index is 2.65. The lowest BCUT2D eigenvalue weighted by Crippen LogP contribution is -2.13. The summed E-state index contributed by atoms with van der Waals surface area (Å²) >= 11 is 0. The Morgan fingerprint density at radius 1 is 1.82 bits per heavy atom. The number of hydrogen-bond donors (Lipinski definition) is 3. The average molecular weight is 158 g/mol. The number of nitrogens with two attached hydrogens (primary N) is 1. The summed E-state index contributed by atoms with van der Waals surface area (Å²) in [4.78, 5) is 11.0. The monoisotopic (exact) mass is 158 g/mol. The Bertz CT molecular complexity index is 256. The zero-order chi connectivity index (χ0) is 8.27. The molecule has 0 atom stereocenters. The Kier molecular flexibility index (Phi) is 1.97. The van der Waals surface area contributed by atoms with E-state index in [1.165, 1.54) is 0 Å². The zero-order valence-corrected chi connectivity index (χ0v) is 5.43. The van der Waals surface area contributed by atoms with E-state index in [0.29, 0.717) is 0 Å². The molecule has 0 saturated heterocycles. The van der Waals surface area contributed by atoms with Crippen molar-refractivity contribution in [1.82, 2.24) is 20.2 Å². The molecule has 0 spiro atoms. The van der Waals surface area contributed by atoms with Crippen LogP contribution in [0.25, 0.3) is 0 Å². The summed E-state index contributed by atoms with van der Waals surface area (Å²) in [7, 11) is 0. The summed E-state index contributed by atoms with van der Waals surface area (Å²) in [5, 5.41) is 18.6. The third-order valence-electron chi connectivity index (χ3n) is 0.859. The molecule has 0 aromatic carbocycles. The van der Waals surface area contributed by atoms with Gasteiger partial charge in [0.05, 0.1) is 0 Å². The first-order valence-corrected chi connectivity index (χ1v) is 2.68. The van der Waals surface area contributed by atoms with Gasteiger partial charge in [-0.3, -0.25) is 10.2 Å². The molecule has 60 valence electrons. The third kappa shape index (κ3) is 1.86. The second-order valence-electron chi connectivity index (χ2n) is 1.68. The van der Waals surface area contributed by atoms with Crippen LogP contribution in [0.3, 0.4) is 0 Å². The predicted molar refractivity (Wildman–Crippen MR) is 33.3 cm³/mol. The van der Waals surface area contributed by atoms with Crippen LogP contribution in [-0.2, 0) is 11.3 Å². The van der Waals surface area contributed by atoms with Gasteiger partial charge in [0, 0.05) is 0 Å². The van der Waals surface area contributed by atoms with Crippen LogP contribution in [0.15, 0.2) is 0 Å². The molecule has 0 aliphatic heterocycles. The number of tetrazole rings is 1. The number of carboxylic acid groups (broad SMARTS) is 1. The predicted octanol–water partition coefficient (Wildman–Crippen LogP) is -1.96. The van der Waals surface area contributed by atoms with Crippen molar-refractivity contribution in [3.63, 3.8) is 0 Å². The van der Waals surface area contributed by atoms with E-state index >= 15 is 0 Å². The maximum Gasteiger partial charge on any atom is 0.327 e. The number of hydrogen-bond acceptors (Lipinski definition) is 6. The fourth-order valence-electron chi connectivity index (χ4n) is 0.489. The third-order valence-corrected chi connectivity index (χ3v) is 0.859. The average Bonchev–Trinajstić information content (AvgIpc) is 2.34. The largest absolute Gasteiger partial charge is 0.480 e. The van der Waals surface area contributed by atoms with Crippen LogP contribution in [-0.4, -0.2) is 31.3 Å². The van der Waals surface area contributed by atoms with Crippen molar-refractivity contribution in [3.8, 4) is 0 Å². The molecule has 0 aliphatic carbocycles. The van der Waals surface area contributed by atoms with Gasteiger partial charge in [0.2, 0.25) is 0 Å². The minimum Gasteiger partial charge on any atom is -0.480 e. The van der Waals surface area contributed by atoms with Crippen LogP contribution in [0.4, 0.5) is 5.95 Å². The summed E-state index contributed by atoms with van der Waals surface area (Å²) in [5.74, 6) is 3.97. The molecule has 1 rings (SSSR count). The topological polar surface area (TPSA) is 119 Å². The highest BCUT2D eigenvalue weighted by molar-refractivity contribution is 5.66. The second kappa shape index (κ2) is 2.92. The maximum absolute atomic E-state index is 10.1. The minimum atomic E-state index is -1.04. The van der Waals surface area contributed by atoms with Crippen LogP contribution >= 0.6 is 0 Å². The molecule has 8 heteroatoms. The number of anilines is 1. The number of nitrogens with zero attached hydrogens (tertiary/aromatic N) is 4. The molecular formula is C3H6N6O2. The van der Waals surface area contributed by atoms with E-state index in [1.54, 1.807) is 0 Å². The molecule has 0 bridgehead atoms. The number of aliphatic carboxylic acids is 1. The van der Waals surface area contributed by atoms with Crippen molar-refractivity contribution >= 4 is 11.9 Å². The van der Waals surface area contributed by atoms with Crippen molar-refractivity contribution in [2.45, 2.75) is 6.54 Å². The molecule has 0 unspecified atom stereocenters. The first-order valence-electron chi connectivity index (χ1n) is 2.68. The molecule has 0 radical (unpaired) electrons. The van der Waals surface area contributed by atoms with Gasteiger partial charge < -0.3 is 5.11 Å². The highest BCUT2D eigenvalue weighted by Crippen LogP contribution is 1.88. The summed E-state index contributed by atoms with van der Waals surface area (Å²) in [6.07, 6.45) is 0. The first-order chi connectivity index (χ1) is 5.22. The van der Waals surface area contributed by atoms with Crippen LogP contribution in [0.2, 0.25) is 0 Å².